The molecule has 1 saturated heterocycles. The normalized spacial score (nSPS) is 20.9. The Balaban J connectivity index is 1.57. The Labute approximate surface area is 150 Å². The average molecular weight is 350 g/mol. The first kappa shape index (κ1) is 19.5. The van der Waals surface area contributed by atoms with Gasteiger partial charge in [0.2, 0.25) is 5.91 Å². The van der Waals surface area contributed by atoms with Gasteiger partial charge in [-0.05, 0) is 45.0 Å². The molecule has 0 bridgehead atoms. The fourth-order valence-electron chi connectivity index (χ4n) is 2.97. The summed E-state index contributed by atoms with van der Waals surface area (Å²) < 4.78 is 16.7. The largest absolute Gasteiger partial charge is 0.494 e. The number of ether oxygens (including phenoxy) is 3. The maximum atomic E-state index is 11.9. The number of morpholine rings is 1. The molecule has 6 nitrogen and oxygen atoms in total. The van der Waals surface area contributed by atoms with Gasteiger partial charge in [0.15, 0.2) is 0 Å². The van der Waals surface area contributed by atoms with Crippen molar-refractivity contribution in [1.82, 2.24) is 10.2 Å². The Morgan fingerprint density at radius 2 is 1.76 bits per heavy atom. The number of amides is 1. The van der Waals surface area contributed by atoms with Gasteiger partial charge in [-0.25, -0.2) is 0 Å². The molecule has 0 saturated carbocycles. The Morgan fingerprint density at radius 3 is 2.36 bits per heavy atom. The van der Waals surface area contributed by atoms with Crippen molar-refractivity contribution in [2.75, 3.05) is 39.4 Å². The molecule has 0 radical (unpaired) electrons. The fraction of sp³-hybridized carbons (Fsp3) is 0.632. The minimum atomic E-state index is 0.0142. The van der Waals surface area contributed by atoms with E-state index in [2.05, 4.69) is 24.1 Å². The molecular weight excluding hydrogens is 320 g/mol. The number of hydrogen-bond donors (Lipinski definition) is 1. The Kier molecular flexibility index (Phi) is 8.01. The highest BCUT2D eigenvalue weighted by Crippen LogP contribution is 2.17. The number of hydrogen-bond acceptors (Lipinski definition) is 5. The van der Waals surface area contributed by atoms with Gasteiger partial charge in [0, 0.05) is 26.2 Å². The summed E-state index contributed by atoms with van der Waals surface area (Å²) in [7, 11) is 0. The summed E-state index contributed by atoms with van der Waals surface area (Å²) in [5.41, 5.74) is 0. The fourth-order valence-corrected chi connectivity index (χ4v) is 2.97. The number of carbonyl (C=O) groups excluding carboxylic acids is 1. The molecule has 1 N–H and O–H groups in total. The number of rotatable bonds is 9. The minimum Gasteiger partial charge on any atom is -0.494 e. The topological polar surface area (TPSA) is 60.0 Å². The van der Waals surface area contributed by atoms with E-state index in [0.717, 1.165) is 31.1 Å². The predicted molar refractivity (Wildman–Crippen MR) is 97.2 cm³/mol. The molecule has 0 spiro atoms. The van der Waals surface area contributed by atoms with Gasteiger partial charge in [-0.1, -0.05) is 0 Å². The van der Waals surface area contributed by atoms with Crippen LogP contribution in [0.2, 0.25) is 0 Å². The van der Waals surface area contributed by atoms with Crippen LogP contribution in [0.3, 0.4) is 0 Å². The van der Waals surface area contributed by atoms with Crippen LogP contribution in [0.1, 0.15) is 27.2 Å². The second-order valence-electron chi connectivity index (χ2n) is 6.37. The van der Waals surface area contributed by atoms with E-state index in [9.17, 15) is 4.79 Å². The summed E-state index contributed by atoms with van der Waals surface area (Å²) in [6, 6.07) is 7.43. The van der Waals surface area contributed by atoms with Gasteiger partial charge in [-0.2, -0.15) is 0 Å². The molecule has 0 aromatic heterocycles. The van der Waals surface area contributed by atoms with Crippen LogP contribution in [0.5, 0.6) is 11.5 Å². The van der Waals surface area contributed by atoms with E-state index in [-0.39, 0.29) is 18.1 Å². The van der Waals surface area contributed by atoms with Crippen LogP contribution in [-0.2, 0) is 9.53 Å². The molecule has 6 heteroatoms. The van der Waals surface area contributed by atoms with Gasteiger partial charge in [0.05, 0.1) is 31.8 Å². The van der Waals surface area contributed by atoms with Crippen LogP contribution in [0, 0.1) is 0 Å². The molecule has 1 aromatic carbocycles. The van der Waals surface area contributed by atoms with Gasteiger partial charge < -0.3 is 19.5 Å². The highest BCUT2D eigenvalue weighted by atomic mass is 16.5. The summed E-state index contributed by atoms with van der Waals surface area (Å²) in [5, 5.41) is 2.95. The molecule has 0 unspecified atom stereocenters. The first-order valence-electron chi connectivity index (χ1n) is 9.07. The Hall–Kier alpha value is -1.79. The number of carbonyl (C=O) groups is 1. The zero-order valence-corrected chi connectivity index (χ0v) is 15.5. The maximum Gasteiger partial charge on any atom is 0.223 e. The third kappa shape index (κ3) is 7.32. The minimum absolute atomic E-state index is 0.0142. The van der Waals surface area contributed by atoms with Crippen LogP contribution in [0.4, 0.5) is 0 Å². The lowest BCUT2D eigenvalue weighted by Crippen LogP contribution is -2.47. The summed E-state index contributed by atoms with van der Waals surface area (Å²) in [5.74, 6) is 1.58. The third-order valence-electron chi connectivity index (χ3n) is 3.98. The van der Waals surface area contributed by atoms with Gasteiger partial charge in [0.25, 0.3) is 0 Å². The summed E-state index contributed by atoms with van der Waals surface area (Å²) in [4.78, 5) is 14.2. The van der Waals surface area contributed by atoms with Gasteiger partial charge in [-0.3, -0.25) is 9.69 Å². The molecule has 140 valence electrons. The van der Waals surface area contributed by atoms with Crippen molar-refractivity contribution in [1.29, 1.82) is 0 Å². The molecule has 1 fully saturated rings. The predicted octanol–water partition coefficient (Wildman–Crippen LogP) is 2.08. The summed E-state index contributed by atoms with van der Waals surface area (Å²) in [6.07, 6.45) is 0.854. The zero-order valence-electron chi connectivity index (χ0n) is 15.5. The zero-order chi connectivity index (χ0) is 18.1. The lowest BCUT2D eigenvalue weighted by Gasteiger charge is -2.35. The SMILES string of the molecule is CCOc1ccc(OCCC(=O)NCCN2C[C@H](C)O[C@@H](C)C2)cc1. The van der Waals surface area contributed by atoms with E-state index >= 15 is 0 Å². The molecule has 2 rings (SSSR count). The van der Waals surface area contributed by atoms with Gasteiger partial charge in [0.1, 0.15) is 11.5 Å². The van der Waals surface area contributed by atoms with E-state index in [1.807, 2.05) is 31.2 Å². The summed E-state index contributed by atoms with van der Waals surface area (Å²) >= 11 is 0. The third-order valence-corrected chi connectivity index (χ3v) is 3.98. The molecule has 1 aliphatic heterocycles. The molecule has 2 atom stereocenters. The highest BCUT2D eigenvalue weighted by Gasteiger charge is 2.21. The summed E-state index contributed by atoms with van der Waals surface area (Å²) in [6.45, 7) is 10.5. The van der Waals surface area contributed by atoms with Crippen molar-refractivity contribution in [3.05, 3.63) is 24.3 Å². The lowest BCUT2D eigenvalue weighted by molar-refractivity contribution is -0.121. The van der Waals surface area contributed by atoms with E-state index in [4.69, 9.17) is 14.2 Å². The molecule has 1 aromatic rings. The van der Waals surface area contributed by atoms with Crippen molar-refractivity contribution in [2.45, 2.75) is 39.4 Å². The monoisotopic (exact) mass is 350 g/mol. The molecule has 1 heterocycles. The van der Waals surface area contributed by atoms with Crippen molar-refractivity contribution in [2.24, 2.45) is 0 Å². The molecule has 1 aliphatic rings. The molecular formula is C19H30N2O4. The van der Waals surface area contributed by atoms with Crippen LogP contribution in [0.15, 0.2) is 24.3 Å². The van der Waals surface area contributed by atoms with Crippen molar-refractivity contribution in [3.8, 4) is 11.5 Å². The van der Waals surface area contributed by atoms with Gasteiger partial charge >= 0.3 is 0 Å². The van der Waals surface area contributed by atoms with E-state index in [1.165, 1.54) is 0 Å². The molecule has 0 aliphatic carbocycles. The van der Waals surface area contributed by atoms with E-state index in [1.54, 1.807) is 0 Å². The second-order valence-corrected chi connectivity index (χ2v) is 6.37. The first-order chi connectivity index (χ1) is 12.1. The molecule has 25 heavy (non-hydrogen) atoms. The van der Waals surface area contributed by atoms with E-state index in [0.29, 0.717) is 26.2 Å². The number of benzene rings is 1. The smallest absolute Gasteiger partial charge is 0.223 e. The quantitative estimate of drug-likeness (QED) is 0.739. The Morgan fingerprint density at radius 1 is 1.16 bits per heavy atom. The first-order valence-corrected chi connectivity index (χ1v) is 9.07. The van der Waals surface area contributed by atoms with E-state index < -0.39 is 0 Å². The maximum absolute atomic E-state index is 11.9. The highest BCUT2D eigenvalue weighted by molar-refractivity contribution is 5.75. The van der Waals surface area contributed by atoms with Crippen molar-refractivity contribution >= 4 is 5.91 Å². The van der Waals surface area contributed by atoms with Crippen LogP contribution < -0.4 is 14.8 Å². The standard InChI is InChI=1S/C19H30N2O4/c1-4-23-17-5-7-18(8-6-17)24-12-9-19(22)20-10-11-21-13-15(2)25-16(3)14-21/h5-8,15-16H,4,9-14H2,1-3H3,(H,20,22)/t15-,16-/m0/s1. The number of nitrogens with one attached hydrogen (secondary N) is 1. The van der Waals surface area contributed by atoms with Crippen molar-refractivity contribution in [3.63, 3.8) is 0 Å². The van der Waals surface area contributed by atoms with Crippen LogP contribution in [0.25, 0.3) is 0 Å². The van der Waals surface area contributed by atoms with Crippen molar-refractivity contribution < 1.29 is 19.0 Å². The second kappa shape index (κ2) is 10.3. The Bertz CT molecular complexity index is 511. The number of nitrogens with zero attached hydrogens (tertiary/aromatic N) is 1. The van der Waals surface area contributed by atoms with Crippen LogP contribution >= 0.6 is 0 Å². The van der Waals surface area contributed by atoms with Crippen LogP contribution in [-0.4, -0.2) is 62.4 Å². The van der Waals surface area contributed by atoms with Gasteiger partial charge in [-0.15, -0.1) is 0 Å². The average Bonchev–Trinajstić information content (AvgIpc) is 2.56. The lowest BCUT2D eigenvalue weighted by atomic mass is 10.2. The molecule has 1 amide bonds.